The molecule has 0 bridgehead atoms. The first kappa shape index (κ1) is 16.7. The lowest BCUT2D eigenvalue weighted by atomic mass is 9.89. The Labute approximate surface area is 130 Å². The Balaban J connectivity index is 1.99. The van der Waals surface area contributed by atoms with E-state index in [1.165, 1.54) is 0 Å². The van der Waals surface area contributed by atoms with Crippen molar-refractivity contribution in [3.63, 3.8) is 0 Å². The van der Waals surface area contributed by atoms with Crippen LogP contribution < -0.4 is 0 Å². The first-order valence-corrected chi connectivity index (χ1v) is 7.75. The molecule has 0 aliphatic carbocycles. The number of carboxylic acid groups (broad SMARTS) is 1. The van der Waals surface area contributed by atoms with Crippen LogP contribution in [0.25, 0.3) is 0 Å². The topological polar surface area (TPSA) is 87.2 Å². The van der Waals surface area contributed by atoms with E-state index in [4.69, 9.17) is 4.74 Å². The van der Waals surface area contributed by atoms with Crippen molar-refractivity contribution in [1.82, 2.24) is 9.80 Å². The maximum Gasteiger partial charge on any atom is 0.308 e. The molecule has 22 heavy (non-hydrogen) atoms. The summed E-state index contributed by atoms with van der Waals surface area (Å²) in [7, 11) is 1.57. The van der Waals surface area contributed by atoms with E-state index in [1.54, 1.807) is 23.8 Å². The van der Waals surface area contributed by atoms with Crippen LogP contribution in [0.2, 0.25) is 0 Å². The average molecular weight is 312 g/mol. The largest absolute Gasteiger partial charge is 0.481 e. The van der Waals surface area contributed by atoms with Crippen LogP contribution >= 0.6 is 0 Å². The van der Waals surface area contributed by atoms with Gasteiger partial charge in [-0.2, -0.15) is 0 Å². The van der Waals surface area contributed by atoms with Crippen LogP contribution in [-0.2, 0) is 19.1 Å². The van der Waals surface area contributed by atoms with Gasteiger partial charge in [0.15, 0.2) is 0 Å². The quantitative estimate of drug-likeness (QED) is 0.783. The Morgan fingerprint density at radius 2 is 2.14 bits per heavy atom. The highest BCUT2D eigenvalue weighted by atomic mass is 16.5. The lowest BCUT2D eigenvalue weighted by Crippen LogP contribution is -2.51. The number of likely N-dealkylation sites (tertiary alicyclic amines) is 2. The minimum atomic E-state index is -0.853. The number of nitrogens with zero attached hydrogens (tertiary/aromatic N) is 2. The van der Waals surface area contributed by atoms with Crippen LogP contribution in [0.5, 0.6) is 0 Å². The molecule has 7 nitrogen and oxygen atoms in total. The van der Waals surface area contributed by atoms with E-state index < -0.39 is 11.9 Å². The number of carboxylic acids is 1. The van der Waals surface area contributed by atoms with Gasteiger partial charge < -0.3 is 19.6 Å². The number of ether oxygens (including phenoxy) is 1. The van der Waals surface area contributed by atoms with Gasteiger partial charge in [0, 0.05) is 39.2 Å². The van der Waals surface area contributed by atoms with Crippen molar-refractivity contribution >= 4 is 17.8 Å². The summed E-state index contributed by atoms with van der Waals surface area (Å²) >= 11 is 0. The third-order valence-corrected chi connectivity index (χ3v) is 4.72. The van der Waals surface area contributed by atoms with Gasteiger partial charge in [0.05, 0.1) is 18.4 Å². The molecule has 0 aromatic rings. The number of carbonyl (C=O) groups excluding carboxylic acids is 2. The third kappa shape index (κ3) is 3.40. The Kier molecular flexibility index (Phi) is 5.39. The van der Waals surface area contributed by atoms with Gasteiger partial charge in [-0.3, -0.25) is 14.4 Å². The summed E-state index contributed by atoms with van der Waals surface area (Å²) in [5.74, 6) is -1.85. The summed E-state index contributed by atoms with van der Waals surface area (Å²) < 4.78 is 4.97. The van der Waals surface area contributed by atoms with Gasteiger partial charge in [-0.1, -0.05) is 0 Å². The normalized spacial score (nSPS) is 29.0. The van der Waals surface area contributed by atoms with Crippen LogP contribution in [0, 0.1) is 11.8 Å². The zero-order chi connectivity index (χ0) is 16.3. The number of rotatable bonds is 5. The molecule has 2 aliphatic rings. The number of carbonyl (C=O) groups is 3. The predicted octanol–water partition coefficient (Wildman–Crippen LogP) is 0.193. The van der Waals surface area contributed by atoms with Crippen molar-refractivity contribution in [3.8, 4) is 0 Å². The number of piperidine rings is 1. The van der Waals surface area contributed by atoms with Crippen LogP contribution in [-0.4, -0.2) is 72.1 Å². The summed E-state index contributed by atoms with van der Waals surface area (Å²) in [4.78, 5) is 39.2. The van der Waals surface area contributed by atoms with E-state index in [1.807, 2.05) is 0 Å². The molecule has 7 heteroatoms. The predicted molar refractivity (Wildman–Crippen MR) is 78.1 cm³/mol. The maximum absolute atomic E-state index is 12.7. The summed E-state index contributed by atoms with van der Waals surface area (Å²) in [5.41, 5.74) is 0. The van der Waals surface area contributed by atoms with Crippen LogP contribution in [0.4, 0.5) is 0 Å². The Morgan fingerprint density at radius 3 is 2.77 bits per heavy atom. The molecule has 2 saturated heterocycles. The number of hydrogen-bond acceptors (Lipinski definition) is 4. The smallest absolute Gasteiger partial charge is 0.308 e. The standard InChI is InChI=1S/C15H24N2O5/c1-10-12(15(20)21)4-3-5-17(10)14(19)11-8-13(18)16(9-11)6-7-22-2/h10-12H,3-9H2,1-2H3,(H,20,21)/t10-,11?,12-/m0/s1. The minimum absolute atomic E-state index is 0.0325. The highest BCUT2D eigenvalue weighted by molar-refractivity contribution is 5.89. The molecule has 3 atom stereocenters. The Hall–Kier alpha value is -1.63. The highest BCUT2D eigenvalue weighted by Gasteiger charge is 2.41. The number of methoxy groups -OCH3 is 1. The molecule has 2 amide bonds. The summed E-state index contributed by atoms with van der Waals surface area (Å²) in [6, 6.07) is -0.318. The van der Waals surface area contributed by atoms with E-state index in [-0.39, 0.29) is 30.2 Å². The molecule has 1 N–H and O–H groups in total. The van der Waals surface area contributed by atoms with Gasteiger partial charge in [-0.15, -0.1) is 0 Å². The van der Waals surface area contributed by atoms with E-state index in [0.717, 1.165) is 0 Å². The molecule has 2 rings (SSSR count). The monoisotopic (exact) mass is 312 g/mol. The molecule has 2 heterocycles. The summed E-state index contributed by atoms with van der Waals surface area (Å²) in [5, 5.41) is 9.24. The van der Waals surface area contributed by atoms with Gasteiger partial charge >= 0.3 is 5.97 Å². The van der Waals surface area contributed by atoms with Crippen molar-refractivity contribution in [3.05, 3.63) is 0 Å². The number of aliphatic carboxylic acids is 1. The third-order valence-electron chi connectivity index (χ3n) is 4.72. The van der Waals surface area contributed by atoms with Crippen molar-refractivity contribution in [1.29, 1.82) is 0 Å². The Bertz CT molecular complexity index is 453. The van der Waals surface area contributed by atoms with E-state index >= 15 is 0 Å². The minimum Gasteiger partial charge on any atom is -0.481 e. The average Bonchev–Trinajstić information content (AvgIpc) is 2.85. The fraction of sp³-hybridized carbons (Fsp3) is 0.800. The van der Waals surface area contributed by atoms with Gasteiger partial charge in [0.1, 0.15) is 0 Å². The maximum atomic E-state index is 12.7. The van der Waals surface area contributed by atoms with E-state index in [9.17, 15) is 19.5 Å². The van der Waals surface area contributed by atoms with E-state index in [0.29, 0.717) is 39.1 Å². The second-order valence-electron chi connectivity index (χ2n) is 6.09. The van der Waals surface area contributed by atoms with Crippen molar-refractivity contribution in [2.75, 3.05) is 33.4 Å². The van der Waals surface area contributed by atoms with Crippen LogP contribution in [0.15, 0.2) is 0 Å². The van der Waals surface area contributed by atoms with Crippen molar-refractivity contribution in [2.24, 2.45) is 11.8 Å². The zero-order valence-corrected chi connectivity index (χ0v) is 13.2. The van der Waals surface area contributed by atoms with Crippen molar-refractivity contribution in [2.45, 2.75) is 32.2 Å². The SMILES string of the molecule is COCCN1CC(C(=O)N2CCC[C@H](C(=O)O)[C@@H]2C)CC1=O. The second kappa shape index (κ2) is 7.09. The lowest BCUT2D eigenvalue weighted by molar-refractivity contribution is -0.150. The molecule has 0 saturated carbocycles. The first-order chi connectivity index (χ1) is 10.5. The molecule has 2 aliphatic heterocycles. The fourth-order valence-electron chi connectivity index (χ4n) is 3.37. The van der Waals surface area contributed by atoms with Gasteiger partial charge in [-0.25, -0.2) is 0 Å². The number of amides is 2. The molecule has 0 aromatic carbocycles. The van der Waals surface area contributed by atoms with Crippen LogP contribution in [0.1, 0.15) is 26.2 Å². The van der Waals surface area contributed by atoms with Crippen molar-refractivity contribution < 1.29 is 24.2 Å². The molecule has 124 valence electrons. The zero-order valence-electron chi connectivity index (χ0n) is 13.2. The molecule has 0 aromatic heterocycles. The Morgan fingerprint density at radius 1 is 1.41 bits per heavy atom. The fourth-order valence-corrected chi connectivity index (χ4v) is 3.37. The lowest BCUT2D eigenvalue weighted by Gasteiger charge is -2.38. The first-order valence-electron chi connectivity index (χ1n) is 7.75. The molecular weight excluding hydrogens is 288 g/mol. The van der Waals surface area contributed by atoms with Crippen LogP contribution in [0.3, 0.4) is 0 Å². The molecule has 1 unspecified atom stereocenters. The van der Waals surface area contributed by atoms with Gasteiger partial charge in [0.25, 0.3) is 0 Å². The molecular formula is C15H24N2O5. The molecule has 0 radical (unpaired) electrons. The summed E-state index contributed by atoms with van der Waals surface area (Å²) in [6.07, 6.45) is 1.51. The molecule has 0 spiro atoms. The second-order valence-corrected chi connectivity index (χ2v) is 6.09. The van der Waals surface area contributed by atoms with Gasteiger partial charge in [0.2, 0.25) is 11.8 Å². The van der Waals surface area contributed by atoms with Gasteiger partial charge in [-0.05, 0) is 19.8 Å². The molecule has 2 fully saturated rings. The summed E-state index contributed by atoms with van der Waals surface area (Å²) in [6.45, 7) is 3.71. The van der Waals surface area contributed by atoms with E-state index in [2.05, 4.69) is 0 Å². The number of hydrogen-bond donors (Lipinski definition) is 1. The highest BCUT2D eigenvalue weighted by Crippen LogP contribution is 2.28.